The fourth-order valence-electron chi connectivity index (χ4n) is 1.43. The van der Waals surface area contributed by atoms with Gasteiger partial charge in [0, 0.05) is 17.2 Å². The first-order chi connectivity index (χ1) is 8.29. The number of methoxy groups -OCH3 is 2. The second kappa shape index (κ2) is 5.29. The SMILES string of the molecule is COc1cc(C)c(NC(=O)C(C)(C)C)cc1OC. The molecule has 1 aromatic carbocycles. The maximum Gasteiger partial charge on any atom is 0.229 e. The Hall–Kier alpha value is -1.71. The number of benzene rings is 1. The lowest BCUT2D eigenvalue weighted by Gasteiger charge is -2.19. The van der Waals surface area contributed by atoms with Gasteiger partial charge >= 0.3 is 0 Å². The Balaban J connectivity index is 3.07. The lowest BCUT2D eigenvalue weighted by atomic mass is 9.95. The van der Waals surface area contributed by atoms with Crippen LogP contribution < -0.4 is 14.8 Å². The second-order valence-corrected chi connectivity index (χ2v) is 5.23. The topological polar surface area (TPSA) is 47.6 Å². The lowest BCUT2D eigenvalue weighted by Crippen LogP contribution is -2.27. The van der Waals surface area contributed by atoms with Crippen LogP contribution in [0.5, 0.6) is 11.5 Å². The highest BCUT2D eigenvalue weighted by Crippen LogP contribution is 2.33. The molecule has 1 aromatic rings. The van der Waals surface area contributed by atoms with Crippen LogP contribution in [0.25, 0.3) is 0 Å². The van der Waals surface area contributed by atoms with Gasteiger partial charge in [-0.2, -0.15) is 0 Å². The highest BCUT2D eigenvalue weighted by molar-refractivity contribution is 5.95. The number of hydrogen-bond donors (Lipinski definition) is 1. The molecular weight excluding hydrogens is 230 g/mol. The summed E-state index contributed by atoms with van der Waals surface area (Å²) in [6.45, 7) is 7.54. The molecular formula is C14H21NO3. The van der Waals surface area contributed by atoms with E-state index in [9.17, 15) is 4.79 Å². The van der Waals surface area contributed by atoms with E-state index in [2.05, 4.69) is 5.32 Å². The molecule has 1 amide bonds. The van der Waals surface area contributed by atoms with E-state index >= 15 is 0 Å². The van der Waals surface area contributed by atoms with Crippen LogP contribution in [0, 0.1) is 12.3 Å². The van der Waals surface area contributed by atoms with Crippen LogP contribution in [0.2, 0.25) is 0 Å². The molecule has 0 aromatic heterocycles. The van der Waals surface area contributed by atoms with Crippen molar-refractivity contribution in [2.24, 2.45) is 5.41 Å². The van der Waals surface area contributed by atoms with Crippen LogP contribution in [0.15, 0.2) is 12.1 Å². The van der Waals surface area contributed by atoms with Crippen LogP contribution in [-0.2, 0) is 4.79 Å². The number of hydrogen-bond acceptors (Lipinski definition) is 3. The van der Waals surface area contributed by atoms with E-state index in [1.807, 2.05) is 33.8 Å². The fraction of sp³-hybridized carbons (Fsp3) is 0.500. The van der Waals surface area contributed by atoms with Gasteiger partial charge in [-0.05, 0) is 18.6 Å². The van der Waals surface area contributed by atoms with Gasteiger partial charge in [-0.3, -0.25) is 4.79 Å². The molecule has 4 heteroatoms. The molecule has 0 aliphatic rings. The number of anilines is 1. The minimum absolute atomic E-state index is 0.0298. The predicted molar refractivity (Wildman–Crippen MR) is 72.4 cm³/mol. The highest BCUT2D eigenvalue weighted by Gasteiger charge is 2.22. The molecule has 0 saturated carbocycles. The smallest absolute Gasteiger partial charge is 0.229 e. The summed E-state index contributed by atoms with van der Waals surface area (Å²) in [5.74, 6) is 1.23. The molecule has 18 heavy (non-hydrogen) atoms. The Morgan fingerprint density at radius 2 is 1.61 bits per heavy atom. The molecule has 0 saturated heterocycles. The normalized spacial score (nSPS) is 11.0. The van der Waals surface area contributed by atoms with E-state index in [-0.39, 0.29) is 5.91 Å². The number of ether oxygens (including phenoxy) is 2. The van der Waals surface area contributed by atoms with E-state index in [0.717, 1.165) is 11.3 Å². The first-order valence-corrected chi connectivity index (χ1v) is 5.83. The third-order valence-corrected chi connectivity index (χ3v) is 2.66. The van der Waals surface area contributed by atoms with E-state index in [1.54, 1.807) is 20.3 Å². The van der Waals surface area contributed by atoms with Crippen LogP contribution in [0.1, 0.15) is 26.3 Å². The number of carbonyl (C=O) groups is 1. The first kappa shape index (κ1) is 14.4. The summed E-state index contributed by atoms with van der Waals surface area (Å²) >= 11 is 0. The van der Waals surface area contributed by atoms with Crippen molar-refractivity contribution >= 4 is 11.6 Å². The zero-order chi connectivity index (χ0) is 13.9. The summed E-state index contributed by atoms with van der Waals surface area (Å²) < 4.78 is 10.4. The monoisotopic (exact) mass is 251 g/mol. The van der Waals surface area contributed by atoms with Gasteiger partial charge < -0.3 is 14.8 Å². The number of carbonyl (C=O) groups excluding carboxylic acids is 1. The summed E-state index contributed by atoms with van der Waals surface area (Å²) in [6.07, 6.45) is 0. The molecule has 0 heterocycles. The van der Waals surface area contributed by atoms with Crippen molar-refractivity contribution in [3.05, 3.63) is 17.7 Å². The Morgan fingerprint density at radius 1 is 1.11 bits per heavy atom. The number of amides is 1. The van der Waals surface area contributed by atoms with Gasteiger partial charge in [0.05, 0.1) is 14.2 Å². The summed E-state index contributed by atoms with van der Waals surface area (Å²) in [4.78, 5) is 12.0. The largest absolute Gasteiger partial charge is 0.493 e. The minimum atomic E-state index is -0.431. The van der Waals surface area contributed by atoms with Crippen molar-refractivity contribution in [1.29, 1.82) is 0 Å². The van der Waals surface area contributed by atoms with Crippen molar-refractivity contribution in [1.82, 2.24) is 0 Å². The molecule has 0 aliphatic carbocycles. The van der Waals surface area contributed by atoms with Crippen molar-refractivity contribution in [2.75, 3.05) is 19.5 Å². The van der Waals surface area contributed by atoms with Gasteiger partial charge in [-0.15, -0.1) is 0 Å². The maximum atomic E-state index is 12.0. The predicted octanol–water partition coefficient (Wildman–Crippen LogP) is 3.00. The standard InChI is InChI=1S/C14H21NO3/c1-9-7-11(17-5)12(18-6)8-10(9)15-13(16)14(2,3)4/h7-8H,1-6H3,(H,15,16). The van der Waals surface area contributed by atoms with Gasteiger partial charge in [-0.1, -0.05) is 20.8 Å². The lowest BCUT2D eigenvalue weighted by molar-refractivity contribution is -0.123. The Bertz CT molecular complexity index is 447. The number of aryl methyl sites for hydroxylation is 1. The molecule has 0 atom stereocenters. The van der Waals surface area contributed by atoms with Crippen molar-refractivity contribution in [3.8, 4) is 11.5 Å². The zero-order valence-corrected chi connectivity index (χ0v) is 11.9. The number of nitrogens with one attached hydrogen (secondary N) is 1. The first-order valence-electron chi connectivity index (χ1n) is 5.83. The van der Waals surface area contributed by atoms with Crippen LogP contribution in [0.4, 0.5) is 5.69 Å². The van der Waals surface area contributed by atoms with Gasteiger partial charge in [0.15, 0.2) is 11.5 Å². The van der Waals surface area contributed by atoms with Crippen LogP contribution in [0.3, 0.4) is 0 Å². The van der Waals surface area contributed by atoms with Gasteiger partial charge in [0.25, 0.3) is 0 Å². The van der Waals surface area contributed by atoms with Crippen molar-refractivity contribution in [3.63, 3.8) is 0 Å². The minimum Gasteiger partial charge on any atom is -0.493 e. The van der Waals surface area contributed by atoms with Gasteiger partial charge in [0.2, 0.25) is 5.91 Å². The van der Waals surface area contributed by atoms with E-state index in [0.29, 0.717) is 11.5 Å². The fourth-order valence-corrected chi connectivity index (χ4v) is 1.43. The molecule has 1 N–H and O–H groups in total. The molecule has 0 radical (unpaired) electrons. The van der Waals surface area contributed by atoms with Crippen LogP contribution in [-0.4, -0.2) is 20.1 Å². The molecule has 0 fully saturated rings. The third kappa shape index (κ3) is 3.15. The quantitative estimate of drug-likeness (QED) is 0.898. The van der Waals surface area contributed by atoms with Gasteiger partial charge in [-0.25, -0.2) is 0 Å². The van der Waals surface area contributed by atoms with E-state index in [1.165, 1.54) is 0 Å². The summed E-state index contributed by atoms with van der Waals surface area (Å²) in [6, 6.07) is 3.62. The average Bonchev–Trinajstić information content (AvgIpc) is 2.29. The molecule has 0 bridgehead atoms. The molecule has 100 valence electrons. The molecule has 0 unspecified atom stereocenters. The maximum absolute atomic E-state index is 12.0. The second-order valence-electron chi connectivity index (χ2n) is 5.23. The Labute approximate surface area is 108 Å². The van der Waals surface area contributed by atoms with E-state index in [4.69, 9.17) is 9.47 Å². The molecule has 4 nitrogen and oxygen atoms in total. The van der Waals surface area contributed by atoms with Gasteiger partial charge in [0.1, 0.15) is 0 Å². The summed E-state index contributed by atoms with van der Waals surface area (Å²) in [5, 5.41) is 2.90. The van der Waals surface area contributed by atoms with Crippen molar-refractivity contribution < 1.29 is 14.3 Å². The molecule has 0 spiro atoms. The van der Waals surface area contributed by atoms with Crippen LogP contribution >= 0.6 is 0 Å². The third-order valence-electron chi connectivity index (χ3n) is 2.66. The Kier molecular flexibility index (Phi) is 4.22. The molecule has 0 aliphatic heterocycles. The number of rotatable bonds is 3. The van der Waals surface area contributed by atoms with Crippen molar-refractivity contribution in [2.45, 2.75) is 27.7 Å². The summed E-state index contributed by atoms with van der Waals surface area (Å²) in [5.41, 5.74) is 1.25. The highest BCUT2D eigenvalue weighted by atomic mass is 16.5. The Morgan fingerprint density at radius 3 is 2.06 bits per heavy atom. The zero-order valence-electron chi connectivity index (χ0n) is 11.9. The summed E-state index contributed by atoms with van der Waals surface area (Å²) in [7, 11) is 3.16. The van der Waals surface area contributed by atoms with E-state index < -0.39 is 5.41 Å². The molecule has 1 rings (SSSR count). The average molecular weight is 251 g/mol.